The molecule has 8 heteroatoms. The second-order valence-electron chi connectivity index (χ2n) is 0.408. The van der Waals surface area contributed by atoms with Crippen LogP contribution in [-0.4, -0.2) is 17.5 Å². The molecule has 0 amide bonds. The fourth-order valence-corrected chi connectivity index (χ4v) is 0. The number of halogens is 1. The first kappa shape index (κ1) is 16.2. The summed E-state index contributed by atoms with van der Waals surface area (Å²) in [7, 11) is -0.718. The molecule has 0 atom stereocenters. The van der Waals surface area contributed by atoms with Gasteiger partial charge in [-0.3, -0.25) is 8.42 Å². The number of rotatable bonds is 0. The minimum absolute atomic E-state index is 0. The maximum Gasteiger partial charge on any atom is 2.00 e. The number of hydrogen-bond donors (Lipinski definition) is 0. The molecule has 0 aromatic heterocycles. The van der Waals surface area contributed by atoms with Crippen molar-refractivity contribution in [1.29, 1.82) is 0 Å². The molecule has 0 fully saturated rings. The van der Waals surface area contributed by atoms with Crippen LogP contribution in [0.5, 0.6) is 0 Å². The van der Waals surface area contributed by atoms with Gasteiger partial charge in [-0.25, -0.2) is 0 Å². The topological polar surface area (TPSA) is 80.3 Å². The average Bonchev–Trinajstić information content (AvgIpc) is 1.36. The molecule has 0 rings (SSSR count). The van der Waals surface area contributed by atoms with Gasteiger partial charge in [-0.15, -0.1) is 0 Å². The Labute approximate surface area is 73.8 Å². The zero-order valence-electron chi connectivity index (χ0n) is 3.02. The quantitative estimate of drug-likeness (QED) is 0.338. The molecule has 0 saturated heterocycles. The van der Waals surface area contributed by atoms with Crippen LogP contribution in [0.1, 0.15) is 0 Å². The van der Waals surface area contributed by atoms with Crippen molar-refractivity contribution >= 4 is 19.6 Å². The van der Waals surface area contributed by atoms with Crippen molar-refractivity contribution in [1.82, 2.24) is 0 Å². The van der Waals surface area contributed by atoms with Crippen LogP contribution in [0.15, 0.2) is 0 Å². The van der Waals surface area contributed by atoms with Gasteiger partial charge in [0.25, 0.3) is 0 Å². The van der Waals surface area contributed by atoms with Crippen molar-refractivity contribution in [2.24, 2.45) is 0 Å². The molecule has 0 aliphatic carbocycles. The second-order valence-corrected chi connectivity index (χ2v) is 1.22. The molecule has 0 spiro atoms. The van der Waals surface area contributed by atoms with Crippen molar-refractivity contribution in [3.8, 4) is 0 Å². The first-order chi connectivity index (χ1) is 3.00. The van der Waals surface area contributed by atoms with Crippen molar-refractivity contribution in [2.75, 3.05) is 0 Å². The van der Waals surface area contributed by atoms with Gasteiger partial charge in [0.1, 0.15) is 0 Å². The Balaban J connectivity index is -0.0000000750. The molecule has 0 aliphatic rings. The largest absolute Gasteiger partial charge is 2.00 e. The third-order valence-electron chi connectivity index (χ3n) is 0. The van der Waals surface area contributed by atoms with E-state index < -0.39 is 10.4 Å². The minimum atomic E-state index is -5.17. The summed E-state index contributed by atoms with van der Waals surface area (Å²) in [6, 6.07) is 0. The van der Waals surface area contributed by atoms with E-state index in [0.29, 0.717) is 0 Å². The third-order valence-corrected chi connectivity index (χ3v) is 0. The Morgan fingerprint density at radius 1 is 1.25 bits per heavy atom. The van der Waals surface area contributed by atoms with E-state index in [1.54, 1.807) is 0 Å². The molecule has 8 heavy (non-hydrogen) atoms. The monoisotopic (exact) mass is 301 g/mol. The normalized spacial score (nSPS) is 8.12. The van der Waals surface area contributed by atoms with E-state index in [1.165, 1.54) is 0 Å². The molecule has 0 aliphatic heterocycles. The SMILES string of the molecule is O=S(=O)([O-])[O-].[Cl][Ag].[Cu+2]. The van der Waals surface area contributed by atoms with Gasteiger partial charge >= 0.3 is 46.2 Å². The van der Waals surface area contributed by atoms with Crippen LogP contribution in [0.3, 0.4) is 0 Å². The van der Waals surface area contributed by atoms with E-state index in [-0.39, 0.29) is 17.1 Å². The zero-order chi connectivity index (χ0) is 6.50. The van der Waals surface area contributed by atoms with Crippen molar-refractivity contribution < 1.29 is 54.6 Å². The Bertz CT molecular complexity index is 99.2. The van der Waals surface area contributed by atoms with E-state index in [1.807, 2.05) is 0 Å². The van der Waals surface area contributed by atoms with Crippen LogP contribution in [0.2, 0.25) is 0 Å². The third kappa shape index (κ3) is 152. The average molecular weight is 303 g/mol. The van der Waals surface area contributed by atoms with Crippen molar-refractivity contribution in [3.05, 3.63) is 0 Å². The smallest absolute Gasteiger partial charge is 2.00 e. The van der Waals surface area contributed by atoms with Gasteiger partial charge in [-0.05, 0) is 0 Å². The fourth-order valence-electron chi connectivity index (χ4n) is 0. The van der Waals surface area contributed by atoms with Crippen LogP contribution < -0.4 is 0 Å². The predicted molar refractivity (Wildman–Crippen MR) is 16.3 cm³/mol. The molecule has 4 nitrogen and oxygen atoms in total. The molecule has 0 heterocycles. The summed E-state index contributed by atoms with van der Waals surface area (Å²) >= 11 is 2.42. The van der Waals surface area contributed by atoms with Gasteiger partial charge < -0.3 is 9.11 Å². The van der Waals surface area contributed by atoms with Crippen LogP contribution in [-0.2, 0) is 47.5 Å². The molecule has 0 aromatic carbocycles. The van der Waals surface area contributed by atoms with Crippen LogP contribution in [0.25, 0.3) is 0 Å². The summed E-state index contributed by atoms with van der Waals surface area (Å²) in [5.74, 6) is 0. The standard InChI is InChI=1S/Ag.ClH.Cu.H2O4S/c;;;1-5(2,3)4/h;1H;;(H2,1,2,3,4)/q+1;;+2;/p-3. The van der Waals surface area contributed by atoms with E-state index in [9.17, 15) is 0 Å². The first-order valence-electron chi connectivity index (χ1n) is 0.781. The zero-order valence-corrected chi connectivity index (χ0v) is 7.02. The Morgan fingerprint density at radius 2 is 1.25 bits per heavy atom. The summed E-state index contributed by atoms with van der Waals surface area (Å²) < 4.78 is 34.1. The summed E-state index contributed by atoms with van der Waals surface area (Å²) in [5, 5.41) is 0. The van der Waals surface area contributed by atoms with Crippen LogP contribution in [0, 0.1) is 0 Å². The van der Waals surface area contributed by atoms with E-state index in [0.717, 1.165) is 0 Å². The molecule has 1 radical (unpaired) electrons. The molecular weight excluding hydrogens is 303 g/mol. The summed E-state index contributed by atoms with van der Waals surface area (Å²) in [4.78, 5) is 0. The molecule has 0 N–H and O–H groups in total. The van der Waals surface area contributed by atoms with Crippen molar-refractivity contribution in [2.45, 2.75) is 0 Å². The summed E-state index contributed by atoms with van der Waals surface area (Å²) in [6.07, 6.45) is 0. The molecule has 59 valence electrons. The summed E-state index contributed by atoms with van der Waals surface area (Å²) in [5.41, 5.74) is 0. The Hall–Kier alpha value is 1.42. The van der Waals surface area contributed by atoms with Crippen LogP contribution in [0.4, 0.5) is 0 Å². The Kier molecular flexibility index (Phi) is 17.1. The maximum absolute atomic E-state index is 8.52. The number of hydrogen-bond acceptors (Lipinski definition) is 4. The predicted octanol–water partition coefficient (Wildman–Crippen LogP) is -0.653. The molecule has 0 unspecified atom stereocenters. The maximum atomic E-state index is 8.52. The first-order valence-corrected chi connectivity index (χ1v) is 4.02. The van der Waals surface area contributed by atoms with Gasteiger partial charge in [0.05, 0.1) is 0 Å². The molecule has 0 saturated carbocycles. The van der Waals surface area contributed by atoms with Gasteiger partial charge in [0.2, 0.25) is 0 Å². The molecule has 0 aromatic rings. The molecular formula is AgClCuO4S. The minimum Gasteiger partial charge on any atom is 2.00 e. The van der Waals surface area contributed by atoms with E-state index in [4.69, 9.17) is 17.5 Å². The Morgan fingerprint density at radius 3 is 1.25 bits per heavy atom. The van der Waals surface area contributed by atoms with Gasteiger partial charge in [-0.2, -0.15) is 0 Å². The van der Waals surface area contributed by atoms with Gasteiger partial charge in [-0.1, -0.05) is 0 Å². The second kappa shape index (κ2) is 8.42. The van der Waals surface area contributed by atoms with E-state index in [2.05, 4.69) is 29.2 Å². The van der Waals surface area contributed by atoms with Crippen molar-refractivity contribution in [3.63, 3.8) is 0 Å². The summed E-state index contributed by atoms with van der Waals surface area (Å²) in [6.45, 7) is 0. The molecule has 0 bridgehead atoms. The van der Waals surface area contributed by atoms with Crippen LogP contribution >= 0.6 is 9.19 Å². The van der Waals surface area contributed by atoms with E-state index >= 15 is 0 Å². The van der Waals surface area contributed by atoms with Gasteiger partial charge in [0.15, 0.2) is 0 Å². The fraction of sp³-hybridized carbons (Fsp3) is 0. The van der Waals surface area contributed by atoms with Gasteiger partial charge in [0, 0.05) is 10.4 Å².